The zero-order valence-corrected chi connectivity index (χ0v) is 9.20. The van der Waals surface area contributed by atoms with Crippen LogP contribution in [0.25, 0.3) is 5.78 Å². The van der Waals surface area contributed by atoms with Crippen molar-refractivity contribution in [2.75, 3.05) is 0 Å². The van der Waals surface area contributed by atoms with Crippen molar-refractivity contribution in [1.82, 2.24) is 19.6 Å². The lowest BCUT2D eigenvalue weighted by Crippen LogP contribution is -2.01. The first-order chi connectivity index (χ1) is 6.88. The summed E-state index contributed by atoms with van der Waals surface area (Å²) in [4.78, 5) is 7.50. The summed E-state index contributed by atoms with van der Waals surface area (Å²) in [5.74, 6) is 0.0765. The second-order valence-corrected chi connectivity index (χ2v) is 4.61. The summed E-state index contributed by atoms with van der Waals surface area (Å²) in [5.41, 5.74) is 0.627. The van der Waals surface area contributed by atoms with Crippen molar-refractivity contribution in [3.05, 3.63) is 11.8 Å². The maximum Gasteiger partial charge on any atom is 0.332 e. The van der Waals surface area contributed by atoms with Gasteiger partial charge in [-0.3, -0.25) is 4.55 Å². The average molecular weight is 246 g/mol. The van der Waals surface area contributed by atoms with Gasteiger partial charge in [-0.2, -0.15) is 17.9 Å². The van der Waals surface area contributed by atoms with Crippen LogP contribution in [0.15, 0.2) is 16.2 Å². The van der Waals surface area contributed by atoms with Crippen LogP contribution in [0.1, 0.15) is 5.69 Å². The molecule has 9 heteroatoms. The molecule has 0 aromatic carbocycles. The van der Waals surface area contributed by atoms with Gasteiger partial charge < -0.3 is 0 Å². The molecule has 0 spiro atoms. The number of hydrogen-bond donors (Lipinski definition) is 2. The van der Waals surface area contributed by atoms with Crippen LogP contribution in [-0.2, 0) is 10.1 Å². The SMILES string of the molecule is Cc1cc(S)n2nc(S(=O)(=O)O)nc2n1. The molecular formula is C6H6N4O3S2. The molecule has 0 radical (unpaired) electrons. The first-order valence-corrected chi connectivity index (χ1v) is 5.67. The van der Waals surface area contributed by atoms with E-state index in [1.165, 1.54) is 0 Å². The molecule has 0 amide bonds. The highest BCUT2D eigenvalue weighted by Gasteiger charge is 2.18. The summed E-state index contributed by atoms with van der Waals surface area (Å²) in [6.07, 6.45) is 0. The molecule has 0 fully saturated rings. The Hall–Kier alpha value is -1.19. The Labute approximate surface area is 90.3 Å². The van der Waals surface area contributed by atoms with Crippen LogP contribution in [0.3, 0.4) is 0 Å². The second-order valence-electron chi connectivity index (χ2n) is 2.84. The maximum absolute atomic E-state index is 10.8. The molecule has 2 aromatic heterocycles. The number of aromatic nitrogens is 4. The van der Waals surface area contributed by atoms with Gasteiger partial charge in [0.2, 0.25) is 0 Å². The molecule has 80 valence electrons. The molecule has 2 heterocycles. The normalized spacial score (nSPS) is 12.2. The van der Waals surface area contributed by atoms with Crippen molar-refractivity contribution in [1.29, 1.82) is 0 Å². The lowest BCUT2D eigenvalue weighted by Gasteiger charge is -1.96. The van der Waals surface area contributed by atoms with Gasteiger partial charge in [0.1, 0.15) is 5.03 Å². The first-order valence-electron chi connectivity index (χ1n) is 3.79. The van der Waals surface area contributed by atoms with E-state index in [0.29, 0.717) is 10.7 Å². The van der Waals surface area contributed by atoms with Gasteiger partial charge >= 0.3 is 10.1 Å². The standard InChI is InChI=1S/C6H6N4O3S2/c1-3-2-4(14)10-5(7-3)8-6(9-10)15(11,12)13/h2,14H,1H3,(H,11,12,13). The van der Waals surface area contributed by atoms with Crippen LogP contribution >= 0.6 is 12.6 Å². The molecule has 0 aliphatic heterocycles. The predicted molar refractivity (Wildman–Crippen MR) is 52.6 cm³/mol. The van der Waals surface area contributed by atoms with Crippen LogP contribution in [0.2, 0.25) is 0 Å². The first kappa shape index (κ1) is 10.3. The monoisotopic (exact) mass is 246 g/mol. The molecule has 1 N–H and O–H groups in total. The maximum atomic E-state index is 10.8. The highest BCUT2D eigenvalue weighted by Crippen LogP contribution is 2.11. The molecule has 0 aliphatic rings. The number of fused-ring (bicyclic) bond motifs is 1. The highest BCUT2D eigenvalue weighted by atomic mass is 32.2. The summed E-state index contributed by atoms with van der Waals surface area (Å²) in [7, 11) is -4.41. The van der Waals surface area contributed by atoms with Crippen LogP contribution in [0.4, 0.5) is 0 Å². The molecule has 0 aliphatic carbocycles. The fourth-order valence-corrected chi connectivity index (χ4v) is 1.76. The molecule has 0 saturated carbocycles. The summed E-state index contributed by atoms with van der Waals surface area (Å²) in [6, 6.07) is 1.60. The zero-order valence-electron chi connectivity index (χ0n) is 7.49. The van der Waals surface area contributed by atoms with E-state index in [-0.39, 0.29) is 5.78 Å². The number of nitrogens with zero attached hydrogens (tertiary/aromatic N) is 4. The lowest BCUT2D eigenvalue weighted by molar-refractivity contribution is 0.474. The molecule has 0 unspecified atom stereocenters. The van der Waals surface area contributed by atoms with Crippen LogP contribution in [-0.4, -0.2) is 32.6 Å². The lowest BCUT2D eigenvalue weighted by atomic mass is 10.5. The van der Waals surface area contributed by atoms with Crippen LogP contribution in [0.5, 0.6) is 0 Å². The van der Waals surface area contributed by atoms with Gasteiger partial charge in [0, 0.05) is 5.69 Å². The van der Waals surface area contributed by atoms with Crippen molar-refractivity contribution in [2.24, 2.45) is 0 Å². The number of aryl methyl sites for hydroxylation is 1. The fraction of sp³-hybridized carbons (Fsp3) is 0.167. The van der Waals surface area contributed by atoms with Gasteiger partial charge in [-0.05, 0) is 13.0 Å². The molecule has 2 rings (SSSR count). The van der Waals surface area contributed by atoms with Gasteiger partial charge in [0.25, 0.3) is 10.9 Å². The Morgan fingerprint density at radius 2 is 2.13 bits per heavy atom. The van der Waals surface area contributed by atoms with E-state index in [1.54, 1.807) is 13.0 Å². The third-order valence-corrected chi connectivity index (χ3v) is 2.59. The Morgan fingerprint density at radius 1 is 1.47 bits per heavy atom. The minimum Gasteiger partial charge on any atom is -0.279 e. The van der Waals surface area contributed by atoms with E-state index in [1.807, 2.05) is 0 Å². The van der Waals surface area contributed by atoms with Gasteiger partial charge in [-0.1, -0.05) is 0 Å². The van der Waals surface area contributed by atoms with Gasteiger partial charge in [0.05, 0.1) is 0 Å². The quantitative estimate of drug-likeness (QED) is 0.416. The molecule has 0 saturated heterocycles. The summed E-state index contributed by atoms with van der Waals surface area (Å²) in [5, 5.41) is 3.26. The summed E-state index contributed by atoms with van der Waals surface area (Å²) < 4.78 is 31.4. The Morgan fingerprint density at radius 3 is 2.73 bits per heavy atom. The predicted octanol–water partition coefficient (Wildman–Crippen LogP) is -0.0319. The third kappa shape index (κ3) is 1.80. The van der Waals surface area contributed by atoms with Crippen molar-refractivity contribution in [2.45, 2.75) is 17.1 Å². The van der Waals surface area contributed by atoms with E-state index in [9.17, 15) is 8.42 Å². The average Bonchev–Trinajstić information content (AvgIpc) is 2.46. The molecule has 0 atom stereocenters. The van der Waals surface area contributed by atoms with Crippen LogP contribution in [0, 0.1) is 6.92 Å². The number of hydrogen-bond acceptors (Lipinski definition) is 6. The van der Waals surface area contributed by atoms with Crippen LogP contribution < -0.4 is 0 Å². The number of thiol groups is 1. The molecular weight excluding hydrogens is 240 g/mol. The van der Waals surface area contributed by atoms with Crippen molar-refractivity contribution in [3.8, 4) is 0 Å². The van der Waals surface area contributed by atoms with Crippen molar-refractivity contribution in [3.63, 3.8) is 0 Å². The van der Waals surface area contributed by atoms with E-state index in [4.69, 9.17) is 4.55 Å². The van der Waals surface area contributed by atoms with Gasteiger partial charge in [-0.15, -0.1) is 17.7 Å². The van der Waals surface area contributed by atoms with Crippen molar-refractivity contribution < 1.29 is 13.0 Å². The van der Waals surface area contributed by atoms with Crippen molar-refractivity contribution >= 4 is 28.5 Å². The summed E-state index contributed by atoms with van der Waals surface area (Å²) in [6.45, 7) is 1.71. The Balaban J connectivity index is 2.82. The second kappa shape index (κ2) is 3.15. The highest BCUT2D eigenvalue weighted by molar-refractivity contribution is 7.85. The summed E-state index contributed by atoms with van der Waals surface area (Å²) >= 11 is 4.07. The number of rotatable bonds is 1. The Bertz CT molecular complexity index is 633. The van der Waals surface area contributed by atoms with E-state index < -0.39 is 15.3 Å². The minimum absolute atomic E-state index is 0.0765. The molecule has 7 nitrogen and oxygen atoms in total. The zero-order chi connectivity index (χ0) is 11.2. The minimum atomic E-state index is -4.41. The molecule has 0 bridgehead atoms. The van der Waals surface area contributed by atoms with Gasteiger partial charge in [0.15, 0.2) is 0 Å². The fourth-order valence-electron chi connectivity index (χ4n) is 1.06. The molecule has 2 aromatic rings. The topological polar surface area (TPSA) is 97.5 Å². The smallest absolute Gasteiger partial charge is 0.279 e. The van der Waals surface area contributed by atoms with Gasteiger partial charge in [-0.25, -0.2) is 4.98 Å². The largest absolute Gasteiger partial charge is 0.332 e. The van der Waals surface area contributed by atoms with E-state index >= 15 is 0 Å². The Kier molecular flexibility index (Phi) is 2.17. The molecule has 15 heavy (non-hydrogen) atoms. The van der Waals surface area contributed by atoms with E-state index in [0.717, 1.165) is 4.52 Å². The third-order valence-electron chi connectivity index (χ3n) is 1.63. The van der Waals surface area contributed by atoms with E-state index in [2.05, 4.69) is 27.7 Å².